The third-order valence-electron chi connectivity index (χ3n) is 2.16. The molecule has 0 amide bonds. The summed E-state index contributed by atoms with van der Waals surface area (Å²) in [6.07, 6.45) is 1.92. The molecule has 0 spiro atoms. The van der Waals surface area contributed by atoms with E-state index in [2.05, 4.69) is 22.4 Å². The van der Waals surface area contributed by atoms with Crippen LogP contribution in [-0.2, 0) is 15.1 Å². The molecule has 0 saturated heterocycles. The lowest BCUT2D eigenvalue weighted by atomic mass is 10.1. The van der Waals surface area contributed by atoms with Crippen molar-refractivity contribution in [2.75, 3.05) is 12.4 Å². The summed E-state index contributed by atoms with van der Waals surface area (Å²) in [6, 6.07) is 0. The van der Waals surface area contributed by atoms with Gasteiger partial charge in [0.15, 0.2) is 0 Å². The number of carbonyl (C=O) groups excluding carboxylic acids is 1. The van der Waals surface area contributed by atoms with Crippen molar-refractivity contribution >= 4 is 17.7 Å². The molecule has 0 saturated carbocycles. The second-order valence-corrected chi connectivity index (χ2v) is 5.85. The Labute approximate surface area is 111 Å². The van der Waals surface area contributed by atoms with Crippen LogP contribution in [0.15, 0.2) is 5.16 Å². The van der Waals surface area contributed by atoms with Gasteiger partial charge >= 0.3 is 5.97 Å². The van der Waals surface area contributed by atoms with E-state index in [0.29, 0.717) is 11.8 Å². The number of hydrogen-bond acceptors (Lipinski definition) is 6. The van der Waals surface area contributed by atoms with Crippen LogP contribution in [0.4, 0.5) is 0 Å². The molecule has 102 valence electrons. The van der Waals surface area contributed by atoms with Crippen LogP contribution < -0.4 is 0 Å². The van der Waals surface area contributed by atoms with E-state index in [1.54, 1.807) is 4.68 Å². The van der Waals surface area contributed by atoms with E-state index in [-0.39, 0.29) is 17.3 Å². The summed E-state index contributed by atoms with van der Waals surface area (Å²) in [5.74, 6) is 0.0112. The van der Waals surface area contributed by atoms with Crippen LogP contribution in [0.2, 0.25) is 0 Å². The van der Waals surface area contributed by atoms with Gasteiger partial charge in [0, 0.05) is 0 Å². The Kier molecular flexibility index (Phi) is 5.58. The maximum atomic E-state index is 11.5. The Morgan fingerprint density at radius 1 is 1.44 bits per heavy atom. The Morgan fingerprint density at radius 3 is 2.78 bits per heavy atom. The summed E-state index contributed by atoms with van der Waals surface area (Å²) in [5.41, 5.74) is -0.196. The highest BCUT2D eigenvalue weighted by atomic mass is 32.2. The predicted molar refractivity (Wildman–Crippen MR) is 69.4 cm³/mol. The minimum Gasteiger partial charge on any atom is -0.465 e. The highest BCUT2D eigenvalue weighted by molar-refractivity contribution is 7.99. The molecule has 1 aromatic heterocycles. The molecular formula is C11H20N4O2S. The quantitative estimate of drug-likeness (QED) is 0.447. The van der Waals surface area contributed by atoms with Crippen molar-refractivity contribution in [1.82, 2.24) is 20.2 Å². The molecule has 0 aromatic carbocycles. The van der Waals surface area contributed by atoms with Crippen LogP contribution in [-0.4, -0.2) is 38.5 Å². The number of aromatic nitrogens is 4. The molecule has 0 bridgehead atoms. The van der Waals surface area contributed by atoms with Crippen molar-refractivity contribution < 1.29 is 9.53 Å². The van der Waals surface area contributed by atoms with Crippen LogP contribution in [0, 0.1) is 0 Å². The Balaban J connectivity index is 2.44. The van der Waals surface area contributed by atoms with Crippen LogP contribution in [0.25, 0.3) is 0 Å². The molecule has 0 unspecified atom stereocenters. The van der Waals surface area contributed by atoms with E-state index in [0.717, 1.165) is 12.8 Å². The van der Waals surface area contributed by atoms with E-state index >= 15 is 0 Å². The van der Waals surface area contributed by atoms with Crippen LogP contribution >= 0.6 is 11.8 Å². The first-order chi connectivity index (χ1) is 8.45. The average Bonchev–Trinajstić information content (AvgIpc) is 2.74. The fourth-order valence-electron chi connectivity index (χ4n) is 1.19. The summed E-state index contributed by atoms with van der Waals surface area (Å²) in [6.45, 7) is 8.56. The lowest BCUT2D eigenvalue weighted by molar-refractivity contribution is -0.140. The molecule has 0 radical (unpaired) electrons. The van der Waals surface area contributed by atoms with Crippen molar-refractivity contribution in [3.63, 3.8) is 0 Å². The first kappa shape index (κ1) is 14.9. The van der Waals surface area contributed by atoms with Crippen LogP contribution in [0.3, 0.4) is 0 Å². The molecular weight excluding hydrogens is 252 g/mol. The number of esters is 1. The first-order valence-corrected chi connectivity index (χ1v) is 7.01. The molecule has 0 aliphatic heterocycles. The van der Waals surface area contributed by atoms with Gasteiger partial charge in [0.2, 0.25) is 5.16 Å². The van der Waals surface area contributed by atoms with Crippen molar-refractivity contribution in [1.29, 1.82) is 0 Å². The normalized spacial score (nSPS) is 11.6. The maximum Gasteiger partial charge on any atom is 0.316 e. The third-order valence-corrected chi connectivity index (χ3v) is 3.05. The SMILES string of the molecule is CCCCOC(=O)CSc1nnnn1C(C)(C)C. The van der Waals surface area contributed by atoms with Gasteiger partial charge in [-0.2, -0.15) is 0 Å². The number of carbonyl (C=O) groups is 1. The highest BCUT2D eigenvalue weighted by Crippen LogP contribution is 2.21. The molecule has 6 nitrogen and oxygen atoms in total. The Bertz CT molecular complexity index is 387. The van der Waals surface area contributed by atoms with Gasteiger partial charge in [0.1, 0.15) is 0 Å². The molecule has 1 rings (SSSR count). The lowest BCUT2D eigenvalue weighted by Gasteiger charge is -2.19. The standard InChI is InChI=1S/C11H20N4O2S/c1-5-6-7-17-9(16)8-18-10-12-13-14-15(10)11(2,3)4/h5-8H2,1-4H3. The first-order valence-electron chi connectivity index (χ1n) is 6.02. The number of nitrogens with zero attached hydrogens (tertiary/aromatic N) is 4. The topological polar surface area (TPSA) is 69.9 Å². The molecule has 18 heavy (non-hydrogen) atoms. The molecule has 0 aliphatic carbocycles. The van der Waals surface area contributed by atoms with Gasteiger partial charge in [-0.3, -0.25) is 4.79 Å². The zero-order valence-corrected chi connectivity index (χ0v) is 12.2. The molecule has 1 heterocycles. The molecule has 0 aliphatic rings. The molecule has 1 aromatic rings. The van der Waals surface area contributed by atoms with Crippen LogP contribution in [0.5, 0.6) is 0 Å². The third kappa shape index (κ3) is 4.64. The highest BCUT2D eigenvalue weighted by Gasteiger charge is 2.20. The minimum atomic E-state index is -0.225. The monoisotopic (exact) mass is 272 g/mol. The van der Waals surface area contributed by atoms with Crippen molar-refractivity contribution in [3.8, 4) is 0 Å². The summed E-state index contributed by atoms with van der Waals surface area (Å²) in [7, 11) is 0. The van der Waals surface area contributed by atoms with E-state index in [4.69, 9.17) is 4.74 Å². The molecule has 0 fully saturated rings. The zero-order chi connectivity index (χ0) is 13.6. The number of tetrazole rings is 1. The van der Waals surface area contributed by atoms with Gasteiger partial charge in [-0.1, -0.05) is 25.1 Å². The second-order valence-electron chi connectivity index (χ2n) is 4.91. The van der Waals surface area contributed by atoms with Gasteiger partial charge < -0.3 is 4.74 Å². The number of thioether (sulfide) groups is 1. The van der Waals surface area contributed by atoms with E-state index < -0.39 is 0 Å². The number of hydrogen-bond donors (Lipinski definition) is 0. The predicted octanol–water partition coefficient (Wildman–Crippen LogP) is 1.86. The molecule has 0 atom stereocenters. The average molecular weight is 272 g/mol. The molecule has 0 N–H and O–H groups in total. The largest absolute Gasteiger partial charge is 0.465 e. The summed E-state index contributed by atoms with van der Waals surface area (Å²) in [5, 5.41) is 12.1. The van der Waals surface area contributed by atoms with E-state index in [1.807, 2.05) is 20.8 Å². The lowest BCUT2D eigenvalue weighted by Crippen LogP contribution is -2.24. The van der Waals surface area contributed by atoms with Crippen LogP contribution in [0.1, 0.15) is 40.5 Å². The van der Waals surface area contributed by atoms with E-state index in [1.165, 1.54) is 11.8 Å². The minimum absolute atomic E-state index is 0.196. The Morgan fingerprint density at radius 2 is 2.17 bits per heavy atom. The second kappa shape index (κ2) is 6.72. The van der Waals surface area contributed by atoms with E-state index in [9.17, 15) is 4.79 Å². The number of unbranched alkanes of at least 4 members (excludes halogenated alkanes) is 1. The summed E-state index contributed by atoms with van der Waals surface area (Å²) in [4.78, 5) is 11.5. The van der Waals surface area contributed by atoms with Crippen molar-refractivity contribution in [2.45, 2.75) is 51.2 Å². The van der Waals surface area contributed by atoms with Gasteiger partial charge in [0.05, 0.1) is 17.9 Å². The maximum absolute atomic E-state index is 11.5. The fourth-order valence-corrected chi connectivity index (χ4v) is 2.04. The Hall–Kier alpha value is -1.11. The smallest absolute Gasteiger partial charge is 0.316 e. The van der Waals surface area contributed by atoms with Gasteiger partial charge in [-0.15, -0.1) is 5.10 Å². The van der Waals surface area contributed by atoms with Crippen molar-refractivity contribution in [3.05, 3.63) is 0 Å². The van der Waals surface area contributed by atoms with Gasteiger partial charge in [-0.05, 0) is 37.6 Å². The number of rotatable bonds is 6. The fraction of sp³-hybridized carbons (Fsp3) is 0.818. The summed E-state index contributed by atoms with van der Waals surface area (Å²) >= 11 is 1.30. The van der Waals surface area contributed by atoms with Gasteiger partial charge in [0.25, 0.3) is 0 Å². The van der Waals surface area contributed by atoms with Crippen molar-refractivity contribution in [2.24, 2.45) is 0 Å². The number of ether oxygens (including phenoxy) is 1. The molecule has 7 heteroatoms. The summed E-state index contributed by atoms with van der Waals surface area (Å²) < 4.78 is 6.77. The zero-order valence-electron chi connectivity index (χ0n) is 11.3. The van der Waals surface area contributed by atoms with Gasteiger partial charge in [-0.25, -0.2) is 4.68 Å².